The van der Waals surface area contributed by atoms with E-state index >= 15 is 0 Å². The Bertz CT molecular complexity index is 1280. The molecule has 9 heteroatoms. The van der Waals surface area contributed by atoms with E-state index in [1.165, 1.54) is 24.3 Å². The van der Waals surface area contributed by atoms with Gasteiger partial charge < -0.3 is 5.32 Å². The largest absolute Gasteiger partial charge is 0.349 e. The van der Waals surface area contributed by atoms with Crippen LogP contribution in [0.2, 0.25) is 0 Å². The zero-order chi connectivity index (χ0) is 25.0. The van der Waals surface area contributed by atoms with Crippen LogP contribution < -0.4 is 10.0 Å². The first-order valence-electron chi connectivity index (χ1n) is 11.5. The number of carbonyl (C=O) groups is 1. The number of hydrogen-bond acceptors (Lipinski definition) is 4. The molecule has 1 heterocycles. The van der Waals surface area contributed by atoms with E-state index in [0.717, 1.165) is 11.6 Å². The quantitative estimate of drug-likeness (QED) is 0.492. The molecule has 0 bridgehead atoms. The number of nitrogens with one attached hydrogen (secondary N) is 2. The molecular weight excluding hydrogens is 472 g/mol. The number of amides is 1. The number of carbonyl (C=O) groups excluding carboxylic acids is 1. The molecule has 0 saturated heterocycles. The van der Waals surface area contributed by atoms with Crippen molar-refractivity contribution in [2.75, 3.05) is 0 Å². The summed E-state index contributed by atoms with van der Waals surface area (Å²) in [7, 11) is -3.91. The smallest absolute Gasteiger partial charge is 0.240 e. The fraction of sp³-hybridized carbons (Fsp3) is 0.308. The van der Waals surface area contributed by atoms with Crippen molar-refractivity contribution >= 4 is 15.9 Å². The second-order valence-corrected chi connectivity index (χ2v) is 10.5. The van der Waals surface area contributed by atoms with Crippen molar-refractivity contribution in [1.82, 2.24) is 15.0 Å². The topological polar surface area (TPSA) is 88.2 Å². The van der Waals surface area contributed by atoms with E-state index < -0.39 is 15.8 Å². The molecule has 1 aliphatic rings. The predicted molar refractivity (Wildman–Crippen MR) is 129 cm³/mol. The number of aromatic nitrogens is 1. The van der Waals surface area contributed by atoms with Gasteiger partial charge in [-0.25, -0.2) is 21.9 Å². The normalized spacial score (nSPS) is 19.2. The maximum atomic E-state index is 14.7. The Balaban J connectivity index is 1.33. The molecule has 2 aromatic carbocycles. The predicted octanol–water partition coefficient (Wildman–Crippen LogP) is 4.74. The van der Waals surface area contributed by atoms with Gasteiger partial charge in [0.1, 0.15) is 11.6 Å². The maximum Gasteiger partial charge on any atom is 0.240 e. The summed E-state index contributed by atoms with van der Waals surface area (Å²) >= 11 is 0. The molecule has 1 atom stereocenters. The van der Waals surface area contributed by atoms with Crippen molar-refractivity contribution in [3.8, 4) is 11.1 Å². The average Bonchev–Trinajstić information content (AvgIpc) is 2.85. The van der Waals surface area contributed by atoms with Crippen LogP contribution in [0.15, 0.2) is 71.9 Å². The highest BCUT2D eigenvalue weighted by Crippen LogP contribution is 2.28. The van der Waals surface area contributed by atoms with Crippen LogP contribution in [0, 0.1) is 17.6 Å². The van der Waals surface area contributed by atoms with Crippen molar-refractivity contribution < 1.29 is 22.0 Å². The zero-order valence-electron chi connectivity index (χ0n) is 19.2. The molecule has 2 N–H and O–H groups in total. The van der Waals surface area contributed by atoms with Crippen molar-refractivity contribution in [3.05, 3.63) is 84.2 Å². The summed E-state index contributed by atoms with van der Waals surface area (Å²) in [5.74, 6) is -1.29. The Morgan fingerprint density at radius 2 is 1.63 bits per heavy atom. The summed E-state index contributed by atoms with van der Waals surface area (Å²) in [6.45, 7) is 1.84. The lowest BCUT2D eigenvalue weighted by Crippen LogP contribution is -2.41. The van der Waals surface area contributed by atoms with Gasteiger partial charge in [0.05, 0.1) is 10.9 Å². The van der Waals surface area contributed by atoms with Crippen molar-refractivity contribution in [3.63, 3.8) is 0 Å². The molecule has 3 aromatic rings. The second-order valence-electron chi connectivity index (χ2n) is 8.83. The summed E-state index contributed by atoms with van der Waals surface area (Å²) in [6, 6.07) is 12.6. The number of pyridine rings is 1. The minimum absolute atomic E-state index is 0.100. The molecule has 1 amide bonds. The van der Waals surface area contributed by atoms with Gasteiger partial charge in [-0.05, 0) is 80.1 Å². The molecule has 0 aliphatic heterocycles. The molecule has 184 valence electrons. The molecule has 4 rings (SSSR count). The molecule has 0 radical (unpaired) electrons. The number of rotatable bonds is 7. The van der Waals surface area contributed by atoms with Crippen molar-refractivity contribution in [2.45, 2.75) is 49.6 Å². The Morgan fingerprint density at radius 1 is 0.971 bits per heavy atom. The van der Waals surface area contributed by atoms with E-state index in [1.54, 1.807) is 36.7 Å². The zero-order valence-corrected chi connectivity index (χ0v) is 20.1. The summed E-state index contributed by atoms with van der Waals surface area (Å²) in [5, 5.41) is 2.95. The molecule has 0 unspecified atom stereocenters. The highest BCUT2D eigenvalue weighted by Gasteiger charge is 2.30. The van der Waals surface area contributed by atoms with Gasteiger partial charge >= 0.3 is 0 Å². The third kappa shape index (κ3) is 6.10. The Morgan fingerprint density at radius 3 is 2.26 bits per heavy atom. The third-order valence-corrected chi connectivity index (χ3v) is 7.91. The van der Waals surface area contributed by atoms with E-state index in [9.17, 15) is 22.0 Å². The fourth-order valence-electron chi connectivity index (χ4n) is 4.36. The number of hydrogen-bond donors (Lipinski definition) is 2. The molecule has 0 spiro atoms. The van der Waals surface area contributed by atoms with Gasteiger partial charge in [-0.1, -0.05) is 18.2 Å². The van der Waals surface area contributed by atoms with Gasteiger partial charge in [0.25, 0.3) is 0 Å². The van der Waals surface area contributed by atoms with Gasteiger partial charge in [-0.2, -0.15) is 0 Å². The minimum Gasteiger partial charge on any atom is -0.349 e. The monoisotopic (exact) mass is 499 g/mol. The van der Waals surface area contributed by atoms with Crippen LogP contribution in [0.4, 0.5) is 8.78 Å². The van der Waals surface area contributed by atoms with Crippen LogP contribution in [-0.2, 0) is 14.8 Å². The lowest BCUT2D eigenvalue weighted by molar-refractivity contribution is -0.126. The maximum absolute atomic E-state index is 14.7. The summed E-state index contributed by atoms with van der Waals surface area (Å²) in [6.07, 6.45) is 5.15. The van der Waals surface area contributed by atoms with E-state index in [2.05, 4.69) is 15.0 Å². The van der Waals surface area contributed by atoms with E-state index in [-0.39, 0.29) is 34.6 Å². The molecule has 1 fully saturated rings. The second kappa shape index (κ2) is 10.6. The fourth-order valence-corrected chi connectivity index (χ4v) is 5.67. The van der Waals surface area contributed by atoms with Crippen LogP contribution in [0.1, 0.15) is 44.2 Å². The van der Waals surface area contributed by atoms with Crippen molar-refractivity contribution in [2.24, 2.45) is 5.92 Å². The van der Waals surface area contributed by atoms with Crippen LogP contribution in [0.25, 0.3) is 11.1 Å². The van der Waals surface area contributed by atoms with Crippen molar-refractivity contribution in [1.29, 1.82) is 0 Å². The van der Waals surface area contributed by atoms with E-state index in [0.29, 0.717) is 36.8 Å². The standard InChI is InChI=1S/C26H27F2N3O3S/c1-17(18-2-6-21(27)7-3-18)30-26(32)20-4-8-22(9-5-20)31-35(33,34)23-10-11-24(25(28)16-23)19-12-14-29-15-13-19/h2-3,6-7,10-17,20,22,31H,4-5,8-9H2,1H3,(H,30,32)/t17-,20-,22-/m1/s1. The molecule has 6 nitrogen and oxygen atoms in total. The number of halogens is 2. The van der Waals surface area contributed by atoms with Crippen LogP contribution in [0.3, 0.4) is 0 Å². The number of sulfonamides is 1. The summed E-state index contributed by atoms with van der Waals surface area (Å²) in [4.78, 5) is 16.4. The number of benzene rings is 2. The first kappa shape index (κ1) is 24.9. The van der Waals surface area contributed by atoms with Gasteiger partial charge in [0, 0.05) is 29.9 Å². The lowest BCUT2D eigenvalue weighted by Gasteiger charge is -2.29. The first-order chi connectivity index (χ1) is 16.7. The minimum atomic E-state index is -3.91. The summed E-state index contributed by atoms with van der Waals surface area (Å²) in [5.41, 5.74) is 1.72. The molecule has 35 heavy (non-hydrogen) atoms. The van der Waals surface area contributed by atoms with Crippen LogP contribution >= 0.6 is 0 Å². The van der Waals surface area contributed by atoms with Gasteiger partial charge in [-0.3, -0.25) is 9.78 Å². The SMILES string of the molecule is C[C@@H](NC(=O)[C@H]1CC[C@H](NS(=O)(=O)c2ccc(-c3ccncc3)c(F)c2)CC1)c1ccc(F)cc1. The molecule has 1 aliphatic carbocycles. The molecule has 1 saturated carbocycles. The van der Waals surface area contributed by atoms with Gasteiger partial charge in [0.15, 0.2) is 0 Å². The van der Waals surface area contributed by atoms with E-state index in [4.69, 9.17) is 0 Å². The average molecular weight is 500 g/mol. The van der Waals surface area contributed by atoms with Crippen LogP contribution in [-0.4, -0.2) is 25.4 Å². The van der Waals surface area contributed by atoms with E-state index in [1.807, 2.05) is 6.92 Å². The number of nitrogens with zero attached hydrogens (tertiary/aromatic N) is 1. The highest BCUT2D eigenvalue weighted by atomic mass is 32.2. The molecule has 1 aromatic heterocycles. The van der Waals surface area contributed by atoms with Gasteiger partial charge in [-0.15, -0.1) is 0 Å². The third-order valence-electron chi connectivity index (χ3n) is 6.39. The Labute approximate surface area is 203 Å². The Hall–Kier alpha value is -3.17. The Kier molecular flexibility index (Phi) is 7.57. The highest BCUT2D eigenvalue weighted by molar-refractivity contribution is 7.89. The van der Waals surface area contributed by atoms with Crippen LogP contribution in [0.5, 0.6) is 0 Å². The molecular formula is C26H27F2N3O3S. The lowest BCUT2D eigenvalue weighted by atomic mass is 9.85. The summed E-state index contributed by atoms with van der Waals surface area (Å²) < 4.78 is 56.1. The van der Waals surface area contributed by atoms with Gasteiger partial charge in [0.2, 0.25) is 15.9 Å². The first-order valence-corrected chi connectivity index (χ1v) is 13.0.